The molecule has 0 aromatic carbocycles. The third-order valence-electron chi connectivity index (χ3n) is 4.20. The van der Waals surface area contributed by atoms with Crippen molar-refractivity contribution in [3.8, 4) is 0 Å². The van der Waals surface area contributed by atoms with Crippen molar-refractivity contribution in [2.75, 3.05) is 60.9 Å². The molecule has 0 amide bonds. The minimum absolute atomic E-state index is 0.248. The molecule has 0 aromatic heterocycles. The van der Waals surface area contributed by atoms with Crippen molar-refractivity contribution in [1.29, 1.82) is 0 Å². The van der Waals surface area contributed by atoms with Crippen LogP contribution in [0, 0.1) is 0 Å². The average Bonchev–Trinajstić information content (AvgIpc) is 2.29. The highest BCUT2D eigenvalue weighted by Gasteiger charge is 2.34. The Hall–Kier alpha value is -0.160. The molecular weight excluding hydrogens is 212 g/mol. The Morgan fingerprint density at radius 1 is 1.12 bits per heavy atom. The number of likely N-dealkylation sites (N-methyl/N-ethyl adjacent to an activating group) is 1. The van der Waals surface area contributed by atoms with Gasteiger partial charge in [-0.3, -0.25) is 0 Å². The van der Waals surface area contributed by atoms with E-state index in [1.54, 1.807) is 0 Å². The molecule has 0 atom stereocenters. The lowest BCUT2D eigenvalue weighted by atomic mass is 9.86. The zero-order valence-corrected chi connectivity index (χ0v) is 12.1. The summed E-state index contributed by atoms with van der Waals surface area (Å²) in [5.41, 5.74) is 6.21. The van der Waals surface area contributed by atoms with Crippen molar-refractivity contribution in [1.82, 2.24) is 14.7 Å². The molecule has 1 heterocycles. The normalized spacial score (nSPS) is 21.4. The van der Waals surface area contributed by atoms with E-state index >= 15 is 0 Å². The fourth-order valence-electron chi connectivity index (χ4n) is 2.64. The first-order valence-corrected chi connectivity index (χ1v) is 6.75. The van der Waals surface area contributed by atoms with Gasteiger partial charge in [-0.2, -0.15) is 0 Å². The predicted molar refractivity (Wildman–Crippen MR) is 74.3 cm³/mol. The van der Waals surface area contributed by atoms with Crippen molar-refractivity contribution < 1.29 is 0 Å². The number of rotatable bonds is 6. The second kappa shape index (κ2) is 6.69. The summed E-state index contributed by atoms with van der Waals surface area (Å²) in [6.07, 6.45) is 3.68. The molecule has 4 heteroatoms. The Morgan fingerprint density at radius 3 is 2.12 bits per heavy atom. The van der Waals surface area contributed by atoms with Crippen molar-refractivity contribution in [3.05, 3.63) is 0 Å². The van der Waals surface area contributed by atoms with Crippen LogP contribution in [-0.2, 0) is 0 Å². The Kier molecular flexibility index (Phi) is 5.86. The standard InChI is InChI=1S/C13H30N4/c1-15(2)8-5-9-17-10-6-13(12-14,7-11-17)16(3)4/h5-12,14H2,1-4H3. The highest BCUT2D eigenvalue weighted by molar-refractivity contribution is 4.94. The number of piperidine rings is 1. The maximum atomic E-state index is 5.96. The molecule has 2 N–H and O–H groups in total. The van der Waals surface area contributed by atoms with Crippen LogP contribution in [0.3, 0.4) is 0 Å². The zero-order valence-electron chi connectivity index (χ0n) is 12.1. The average molecular weight is 242 g/mol. The largest absolute Gasteiger partial charge is 0.329 e. The fourth-order valence-corrected chi connectivity index (χ4v) is 2.64. The van der Waals surface area contributed by atoms with E-state index in [0.717, 1.165) is 6.54 Å². The molecule has 1 rings (SSSR count). The van der Waals surface area contributed by atoms with Gasteiger partial charge in [-0.15, -0.1) is 0 Å². The number of hydrogen-bond donors (Lipinski definition) is 1. The second-order valence-corrected chi connectivity index (χ2v) is 5.82. The van der Waals surface area contributed by atoms with Gasteiger partial charge in [-0.05, 0) is 73.6 Å². The maximum absolute atomic E-state index is 5.96. The molecular formula is C13H30N4. The van der Waals surface area contributed by atoms with Crippen molar-refractivity contribution in [3.63, 3.8) is 0 Å². The van der Waals surface area contributed by atoms with E-state index in [4.69, 9.17) is 5.73 Å². The van der Waals surface area contributed by atoms with Gasteiger partial charge in [0.15, 0.2) is 0 Å². The summed E-state index contributed by atoms with van der Waals surface area (Å²) in [7, 11) is 8.60. The summed E-state index contributed by atoms with van der Waals surface area (Å²) in [5, 5.41) is 0. The number of nitrogens with zero attached hydrogens (tertiary/aromatic N) is 3. The van der Waals surface area contributed by atoms with E-state index in [9.17, 15) is 0 Å². The minimum Gasteiger partial charge on any atom is -0.329 e. The minimum atomic E-state index is 0.248. The molecule has 17 heavy (non-hydrogen) atoms. The van der Waals surface area contributed by atoms with E-state index < -0.39 is 0 Å². The van der Waals surface area contributed by atoms with Crippen molar-refractivity contribution in [2.24, 2.45) is 5.73 Å². The topological polar surface area (TPSA) is 35.7 Å². The summed E-state index contributed by atoms with van der Waals surface area (Å²) in [4.78, 5) is 7.17. The van der Waals surface area contributed by atoms with E-state index in [0.29, 0.717) is 0 Å². The van der Waals surface area contributed by atoms with Crippen LogP contribution in [0.2, 0.25) is 0 Å². The molecule has 1 aliphatic rings. The SMILES string of the molecule is CN(C)CCCN1CCC(CN)(N(C)C)CC1. The van der Waals surface area contributed by atoms with Gasteiger partial charge < -0.3 is 20.4 Å². The lowest BCUT2D eigenvalue weighted by Crippen LogP contribution is -2.57. The molecule has 1 aliphatic heterocycles. The molecule has 1 saturated heterocycles. The van der Waals surface area contributed by atoms with Crippen LogP contribution in [-0.4, -0.2) is 81.2 Å². The van der Waals surface area contributed by atoms with Crippen LogP contribution in [0.15, 0.2) is 0 Å². The van der Waals surface area contributed by atoms with Crippen molar-refractivity contribution in [2.45, 2.75) is 24.8 Å². The Balaban J connectivity index is 2.30. The Bertz CT molecular complexity index is 207. The van der Waals surface area contributed by atoms with Crippen LogP contribution in [0.4, 0.5) is 0 Å². The zero-order chi connectivity index (χ0) is 12.9. The van der Waals surface area contributed by atoms with E-state index in [2.05, 4.69) is 42.9 Å². The summed E-state index contributed by atoms with van der Waals surface area (Å²) in [6.45, 7) is 5.59. The fraction of sp³-hybridized carbons (Fsp3) is 1.00. The second-order valence-electron chi connectivity index (χ2n) is 5.82. The lowest BCUT2D eigenvalue weighted by molar-refractivity contribution is 0.0617. The molecule has 0 unspecified atom stereocenters. The lowest BCUT2D eigenvalue weighted by Gasteiger charge is -2.45. The Labute approximate surface area is 107 Å². The van der Waals surface area contributed by atoms with Gasteiger partial charge in [0.25, 0.3) is 0 Å². The number of nitrogens with two attached hydrogens (primary N) is 1. The highest BCUT2D eigenvalue weighted by atomic mass is 15.2. The summed E-state index contributed by atoms with van der Waals surface area (Å²) < 4.78 is 0. The van der Waals surface area contributed by atoms with Crippen molar-refractivity contribution >= 4 is 0 Å². The molecule has 0 bridgehead atoms. The molecule has 0 aliphatic carbocycles. The molecule has 102 valence electrons. The van der Waals surface area contributed by atoms with Gasteiger partial charge in [0.05, 0.1) is 0 Å². The van der Waals surface area contributed by atoms with Gasteiger partial charge in [0.2, 0.25) is 0 Å². The first kappa shape index (κ1) is 14.9. The number of hydrogen-bond acceptors (Lipinski definition) is 4. The summed E-state index contributed by atoms with van der Waals surface area (Å²) in [6, 6.07) is 0. The molecule has 0 radical (unpaired) electrons. The smallest absolute Gasteiger partial charge is 0.0349 e. The van der Waals surface area contributed by atoms with Gasteiger partial charge in [0.1, 0.15) is 0 Å². The molecule has 0 aromatic rings. The molecule has 1 fully saturated rings. The predicted octanol–water partition coefficient (Wildman–Crippen LogP) is 0.293. The summed E-state index contributed by atoms with van der Waals surface area (Å²) >= 11 is 0. The first-order valence-electron chi connectivity index (χ1n) is 6.75. The maximum Gasteiger partial charge on any atom is 0.0349 e. The third-order valence-corrected chi connectivity index (χ3v) is 4.20. The monoisotopic (exact) mass is 242 g/mol. The summed E-state index contributed by atoms with van der Waals surface area (Å²) in [5.74, 6) is 0. The molecule has 4 nitrogen and oxygen atoms in total. The van der Waals surface area contributed by atoms with Crippen LogP contribution in [0.5, 0.6) is 0 Å². The van der Waals surface area contributed by atoms with Gasteiger partial charge in [-0.25, -0.2) is 0 Å². The van der Waals surface area contributed by atoms with Gasteiger partial charge in [-0.1, -0.05) is 0 Å². The van der Waals surface area contributed by atoms with E-state index in [-0.39, 0.29) is 5.54 Å². The van der Waals surface area contributed by atoms with E-state index in [1.165, 1.54) is 45.4 Å². The van der Waals surface area contributed by atoms with Gasteiger partial charge >= 0.3 is 0 Å². The Morgan fingerprint density at radius 2 is 1.71 bits per heavy atom. The van der Waals surface area contributed by atoms with E-state index in [1.807, 2.05) is 0 Å². The molecule has 0 spiro atoms. The van der Waals surface area contributed by atoms with Gasteiger partial charge in [0, 0.05) is 12.1 Å². The molecule has 0 saturated carbocycles. The number of likely N-dealkylation sites (tertiary alicyclic amines) is 1. The third kappa shape index (κ3) is 4.21. The first-order chi connectivity index (χ1) is 8.00. The van der Waals surface area contributed by atoms with Crippen LogP contribution < -0.4 is 5.73 Å². The van der Waals surface area contributed by atoms with Crippen LogP contribution in [0.1, 0.15) is 19.3 Å². The van der Waals surface area contributed by atoms with Crippen LogP contribution in [0.25, 0.3) is 0 Å². The quantitative estimate of drug-likeness (QED) is 0.726. The van der Waals surface area contributed by atoms with Crippen LogP contribution >= 0.6 is 0 Å². The highest BCUT2D eigenvalue weighted by Crippen LogP contribution is 2.25.